The number of aromatic amines is 1. The van der Waals surface area contributed by atoms with Gasteiger partial charge in [0, 0.05) is 31.9 Å². The topological polar surface area (TPSA) is 38.5 Å². The molecular formula is C13H12F2N4S. The Kier molecular flexibility index (Phi) is 3.13. The lowest BCUT2D eigenvalue weighted by atomic mass is 10.2. The van der Waals surface area contributed by atoms with Gasteiger partial charge in [-0.2, -0.15) is 5.10 Å². The van der Waals surface area contributed by atoms with E-state index in [4.69, 9.17) is 12.2 Å². The predicted octanol–water partition coefficient (Wildman–Crippen LogP) is 2.95. The van der Waals surface area contributed by atoms with Crippen LogP contribution in [0.5, 0.6) is 0 Å². The van der Waals surface area contributed by atoms with E-state index in [1.54, 1.807) is 15.4 Å². The Morgan fingerprint density at radius 3 is 2.80 bits per heavy atom. The molecule has 2 heterocycles. The van der Waals surface area contributed by atoms with E-state index in [-0.39, 0.29) is 5.52 Å². The number of aryl methyl sites for hydroxylation is 3. The highest BCUT2D eigenvalue weighted by molar-refractivity contribution is 7.71. The van der Waals surface area contributed by atoms with Crippen molar-refractivity contribution in [3.8, 4) is 0 Å². The summed E-state index contributed by atoms with van der Waals surface area (Å²) in [6.45, 7) is 0.457. The van der Waals surface area contributed by atoms with Crippen molar-refractivity contribution in [3.63, 3.8) is 0 Å². The summed E-state index contributed by atoms with van der Waals surface area (Å²) >= 11 is 5.18. The van der Waals surface area contributed by atoms with Crippen molar-refractivity contribution in [2.24, 2.45) is 7.05 Å². The number of halogens is 2. The summed E-state index contributed by atoms with van der Waals surface area (Å²) in [5, 5.41) is 4.07. The predicted molar refractivity (Wildman–Crippen MR) is 74.0 cm³/mol. The molecule has 0 saturated heterocycles. The molecule has 0 aliphatic carbocycles. The standard InChI is InChI=1S/C13H12F2N4S/c1-18-8(4-6-16-18)5-7-19-12-10(17-13(19)20)3-2-9(14)11(12)15/h2-4,6H,5,7H2,1H3,(H,17,20). The maximum Gasteiger partial charge on any atom is 0.184 e. The summed E-state index contributed by atoms with van der Waals surface area (Å²) in [6.07, 6.45) is 2.33. The van der Waals surface area contributed by atoms with Crippen molar-refractivity contribution in [1.29, 1.82) is 0 Å². The second kappa shape index (κ2) is 4.82. The van der Waals surface area contributed by atoms with Crippen LogP contribution in [0.1, 0.15) is 5.69 Å². The van der Waals surface area contributed by atoms with Crippen LogP contribution in [-0.4, -0.2) is 19.3 Å². The summed E-state index contributed by atoms with van der Waals surface area (Å²) in [5.41, 5.74) is 1.68. The molecule has 104 valence electrons. The van der Waals surface area contributed by atoms with Crippen LogP contribution in [0.2, 0.25) is 0 Å². The van der Waals surface area contributed by atoms with Gasteiger partial charge in [0.05, 0.1) is 5.52 Å². The smallest absolute Gasteiger partial charge is 0.184 e. The van der Waals surface area contributed by atoms with Gasteiger partial charge >= 0.3 is 0 Å². The van der Waals surface area contributed by atoms with Crippen LogP contribution in [-0.2, 0) is 20.0 Å². The van der Waals surface area contributed by atoms with Gasteiger partial charge in [-0.15, -0.1) is 0 Å². The van der Waals surface area contributed by atoms with Gasteiger partial charge < -0.3 is 9.55 Å². The molecule has 0 aliphatic rings. The minimum absolute atomic E-state index is 0.178. The van der Waals surface area contributed by atoms with Gasteiger partial charge in [0.2, 0.25) is 0 Å². The quantitative estimate of drug-likeness (QED) is 0.754. The molecule has 0 atom stereocenters. The molecule has 0 aliphatic heterocycles. The molecule has 7 heteroatoms. The van der Waals surface area contributed by atoms with Crippen LogP contribution < -0.4 is 0 Å². The Hall–Kier alpha value is -2.02. The highest BCUT2D eigenvalue weighted by atomic mass is 32.1. The van der Waals surface area contributed by atoms with Gasteiger partial charge in [0.25, 0.3) is 0 Å². The summed E-state index contributed by atoms with van der Waals surface area (Å²) in [7, 11) is 1.84. The molecule has 20 heavy (non-hydrogen) atoms. The van der Waals surface area contributed by atoms with E-state index in [9.17, 15) is 8.78 Å². The lowest BCUT2D eigenvalue weighted by Crippen LogP contribution is -2.06. The third-order valence-corrected chi connectivity index (χ3v) is 3.66. The molecule has 0 saturated carbocycles. The van der Waals surface area contributed by atoms with Crippen LogP contribution in [0.15, 0.2) is 24.4 Å². The van der Waals surface area contributed by atoms with E-state index in [1.165, 1.54) is 6.07 Å². The molecule has 1 aromatic carbocycles. The van der Waals surface area contributed by atoms with Crippen molar-refractivity contribution in [2.75, 3.05) is 0 Å². The van der Waals surface area contributed by atoms with Crippen LogP contribution in [0.4, 0.5) is 8.78 Å². The number of nitrogens with one attached hydrogen (secondary N) is 1. The van der Waals surface area contributed by atoms with Crippen molar-refractivity contribution >= 4 is 23.3 Å². The number of benzene rings is 1. The second-order valence-corrected chi connectivity index (χ2v) is 4.92. The summed E-state index contributed by atoms with van der Waals surface area (Å²) in [6, 6.07) is 4.47. The Morgan fingerprint density at radius 2 is 2.10 bits per heavy atom. The number of imidazole rings is 1. The zero-order chi connectivity index (χ0) is 14.3. The number of hydrogen-bond donors (Lipinski definition) is 1. The number of aromatic nitrogens is 4. The number of rotatable bonds is 3. The van der Waals surface area contributed by atoms with E-state index in [0.717, 1.165) is 11.8 Å². The van der Waals surface area contributed by atoms with E-state index in [2.05, 4.69) is 10.1 Å². The second-order valence-electron chi connectivity index (χ2n) is 4.54. The fourth-order valence-electron chi connectivity index (χ4n) is 2.28. The van der Waals surface area contributed by atoms with Gasteiger partial charge in [-0.05, 0) is 30.4 Å². The summed E-state index contributed by atoms with van der Waals surface area (Å²) in [5.74, 6) is -1.75. The molecule has 4 nitrogen and oxygen atoms in total. The minimum Gasteiger partial charge on any atom is -0.330 e. The number of hydrogen-bond acceptors (Lipinski definition) is 2. The highest BCUT2D eigenvalue weighted by Crippen LogP contribution is 2.20. The lowest BCUT2D eigenvalue weighted by Gasteiger charge is -2.06. The fraction of sp³-hybridized carbons (Fsp3) is 0.231. The van der Waals surface area contributed by atoms with Crippen LogP contribution >= 0.6 is 12.2 Å². The van der Waals surface area contributed by atoms with Gasteiger partial charge in [-0.3, -0.25) is 4.68 Å². The van der Waals surface area contributed by atoms with Crippen molar-refractivity contribution < 1.29 is 8.78 Å². The molecule has 2 aromatic heterocycles. The van der Waals surface area contributed by atoms with Gasteiger partial charge in [0.15, 0.2) is 16.4 Å². The number of H-pyrrole nitrogens is 1. The van der Waals surface area contributed by atoms with Crippen molar-refractivity contribution in [2.45, 2.75) is 13.0 Å². The average Bonchev–Trinajstić information content (AvgIpc) is 2.96. The van der Waals surface area contributed by atoms with E-state index >= 15 is 0 Å². The van der Waals surface area contributed by atoms with Gasteiger partial charge in [-0.1, -0.05) is 0 Å². The fourth-order valence-corrected chi connectivity index (χ4v) is 2.57. The first-order chi connectivity index (χ1) is 9.58. The molecule has 0 amide bonds. The van der Waals surface area contributed by atoms with E-state index in [0.29, 0.717) is 23.3 Å². The zero-order valence-corrected chi connectivity index (χ0v) is 11.5. The number of nitrogens with zero attached hydrogens (tertiary/aromatic N) is 3. The zero-order valence-electron chi connectivity index (χ0n) is 10.7. The molecule has 0 fully saturated rings. The molecule has 0 radical (unpaired) electrons. The maximum absolute atomic E-state index is 13.9. The molecule has 3 rings (SSSR count). The van der Waals surface area contributed by atoms with Crippen molar-refractivity contribution in [1.82, 2.24) is 19.3 Å². The monoisotopic (exact) mass is 294 g/mol. The Bertz CT molecular complexity index is 831. The van der Waals surface area contributed by atoms with Crippen LogP contribution in [0.25, 0.3) is 11.0 Å². The third kappa shape index (κ3) is 2.03. The molecule has 1 N–H and O–H groups in total. The minimum atomic E-state index is -0.875. The molecule has 3 aromatic rings. The van der Waals surface area contributed by atoms with E-state index < -0.39 is 11.6 Å². The van der Waals surface area contributed by atoms with Gasteiger partial charge in [-0.25, -0.2) is 8.78 Å². The van der Waals surface area contributed by atoms with E-state index in [1.807, 2.05) is 13.1 Å². The Balaban J connectivity index is 2.03. The first-order valence-electron chi connectivity index (χ1n) is 6.11. The average molecular weight is 294 g/mol. The third-order valence-electron chi connectivity index (χ3n) is 3.34. The van der Waals surface area contributed by atoms with Crippen LogP contribution in [0.3, 0.4) is 0 Å². The number of fused-ring (bicyclic) bond motifs is 1. The summed E-state index contributed by atoms with van der Waals surface area (Å²) < 4.78 is 31.0. The normalized spacial score (nSPS) is 11.3. The first kappa shape index (κ1) is 13.0. The summed E-state index contributed by atoms with van der Waals surface area (Å²) in [4.78, 5) is 2.89. The Morgan fingerprint density at radius 1 is 1.30 bits per heavy atom. The first-order valence-corrected chi connectivity index (χ1v) is 6.52. The molecule has 0 unspecified atom stereocenters. The lowest BCUT2D eigenvalue weighted by molar-refractivity contribution is 0.510. The van der Waals surface area contributed by atoms with Crippen LogP contribution in [0, 0.1) is 16.4 Å². The maximum atomic E-state index is 13.9. The Labute approximate surface area is 118 Å². The molecule has 0 spiro atoms. The SMILES string of the molecule is Cn1nccc1CCn1c(=S)[nH]c2ccc(F)c(F)c21. The largest absolute Gasteiger partial charge is 0.330 e. The van der Waals surface area contributed by atoms with Gasteiger partial charge in [0.1, 0.15) is 5.52 Å². The molecular weight excluding hydrogens is 282 g/mol. The highest BCUT2D eigenvalue weighted by Gasteiger charge is 2.13. The van der Waals surface area contributed by atoms with Crippen molar-refractivity contribution in [3.05, 3.63) is 46.5 Å². The molecule has 0 bridgehead atoms.